The third kappa shape index (κ3) is 4.96. The lowest BCUT2D eigenvalue weighted by molar-refractivity contribution is -0.115. The van der Waals surface area contributed by atoms with E-state index in [2.05, 4.69) is 5.32 Å². The molecule has 0 fully saturated rings. The van der Waals surface area contributed by atoms with Gasteiger partial charge in [-0.2, -0.15) is 0 Å². The fraction of sp³-hybridized carbons (Fsp3) is 0.278. The van der Waals surface area contributed by atoms with E-state index in [1.807, 2.05) is 25.1 Å². The summed E-state index contributed by atoms with van der Waals surface area (Å²) >= 11 is 0. The number of benzene rings is 2. The number of carbonyl (C=O) groups is 1. The SMILES string of the molecule is COc1ccc(S(=O)(=O)CCC(=O)Nc2cccc(C)c2)cc1OC. The van der Waals surface area contributed by atoms with Crippen molar-refractivity contribution in [3.63, 3.8) is 0 Å². The highest BCUT2D eigenvalue weighted by atomic mass is 32.2. The van der Waals surface area contributed by atoms with Crippen molar-refractivity contribution in [3.8, 4) is 11.5 Å². The van der Waals surface area contributed by atoms with Crippen molar-refractivity contribution in [2.75, 3.05) is 25.3 Å². The molecule has 25 heavy (non-hydrogen) atoms. The molecule has 0 aliphatic rings. The number of anilines is 1. The molecular formula is C18H21NO5S. The topological polar surface area (TPSA) is 81.7 Å². The fourth-order valence-corrected chi connectivity index (χ4v) is 3.55. The van der Waals surface area contributed by atoms with E-state index in [1.54, 1.807) is 6.07 Å². The summed E-state index contributed by atoms with van der Waals surface area (Å²) in [5, 5.41) is 2.70. The molecule has 0 atom stereocenters. The third-order valence-corrected chi connectivity index (χ3v) is 5.33. The maximum Gasteiger partial charge on any atom is 0.225 e. The van der Waals surface area contributed by atoms with Gasteiger partial charge < -0.3 is 14.8 Å². The number of aryl methyl sites for hydroxylation is 1. The van der Waals surface area contributed by atoms with Crippen LogP contribution < -0.4 is 14.8 Å². The van der Waals surface area contributed by atoms with Crippen molar-refractivity contribution < 1.29 is 22.7 Å². The van der Waals surface area contributed by atoms with Crippen LogP contribution in [0.3, 0.4) is 0 Å². The summed E-state index contributed by atoms with van der Waals surface area (Å²) in [6, 6.07) is 11.7. The molecule has 0 heterocycles. The highest BCUT2D eigenvalue weighted by Gasteiger charge is 2.19. The molecule has 0 bridgehead atoms. The molecule has 2 rings (SSSR count). The summed E-state index contributed by atoms with van der Waals surface area (Å²) in [5.41, 5.74) is 1.66. The number of nitrogens with one attached hydrogen (secondary N) is 1. The quantitative estimate of drug-likeness (QED) is 0.818. The van der Waals surface area contributed by atoms with Crippen LogP contribution in [-0.2, 0) is 14.6 Å². The Bertz CT molecular complexity index is 862. The fourth-order valence-electron chi connectivity index (χ4n) is 2.30. The van der Waals surface area contributed by atoms with Gasteiger partial charge in [-0.3, -0.25) is 4.79 Å². The summed E-state index contributed by atoms with van der Waals surface area (Å²) in [7, 11) is -0.702. The Hall–Kier alpha value is -2.54. The lowest BCUT2D eigenvalue weighted by Crippen LogP contribution is -2.17. The van der Waals surface area contributed by atoms with Crippen LogP contribution in [-0.4, -0.2) is 34.3 Å². The van der Waals surface area contributed by atoms with Gasteiger partial charge in [0.25, 0.3) is 0 Å². The predicted molar refractivity (Wildman–Crippen MR) is 96.0 cm³/mol. The molecular weight excluding hydrogens is 342 g/mol. The number of carbonyl (C=O) groups excluding carboxylic acids is 1. The average molecular weight is 363 g/mol. The smallest absolute Gasteiger partial charge is 0.225 e. The van der Waals surface area contributed by atoms with E-state index in [0.29, 0.717) is 17.2 Å². The van der Waals surface area contributed by atoms with Crippen molar-refractivity contribution in [3.05, 3.63) is 48.0 Å². The van der Waals surface area contributed by atoms with E-state index in [1.165, 1.54) is 32.4 Å². The first kappa shape index (κ1) is 18.8. The van der Waals surface area contributed by atoms with E-state index in [-0.39, 0.29) is 23.0 Å². The van der Waals surface area contributed by atoms with Crippen LogP contribution in [0, 0.1) is 6.92 Å². The molecule has 1 amide bonds. The predicted octanol–water partition coefficient (Wildman–Crippen LogP) is 2.81. The summed E-state index contributed by atoms with van der Waals surface area (Å²) in [6.45, 7) is 1.91. The maximum absolute atomic E-state index is 12.4. The van der Waals surface area contributed by atoms with Gasteiger partial charge in [0.15, 0.2) is 21.3 Å². The van der Waals surface area contributed by atoms with E-state index in [4.69, 9.17) is 9.47 Å². The zero-order valence-corrected chi connectivity index (χ0v) is 15.2. The zero-order chi connectivity index (χ0) is 18.4. The normalized spacial score (nSPS) is 11.0. The Morgan fingerprint density at radius 1 is 1.04 bits per heavy atom. The van der Waals surface area contributed by atoms with Gasteiger partial charge in [-0.05, 0) is 36.8 Å². The molecule has 0 spiro atoms. The van der Waals surface area contributed by atoms with Crippen LogP contribution in [0.4, 0.5) is 5.69 Å². The molecule has 2 aromatic carbocycles. The summed E-state index contributed by atoms with van der Waals surface area (Å²) in [6.07, 6.45) is -0.134. The monoisotopic (exact) mass is 363 g/mol. The van der Waals surface area contributed by atoms with Gasteiger partial charge in [0.2, 0.25) is 5.91 Å². The van der Waals surface area contributed by atoms with Crippen LogP contribution in [0.15, 0.2) is 47.4 Å². The second kappa shape index (κ2) is 8.02. The minimum atomic E-state index is -3.61. The zero-order valence-electron chi connectivity index (χ0n) is 14.4. The van der Waals surface area contributed by atoms with Crippen molar-refractivity contribution in [2.24, 2.45) is 0 Å². The molecule has 6 nitrogen and oxygen atoms in total. The molecule has 2 aromatic rings. The highest BCUT2D eigenvalue weighted by molar-refractivity contribution is 7.91. The Labute approximate surface area is 147 Å². The van der Waals surface area contributed by atoms with Gasteiger partial charge in [-0.1, -0.05) is 12.1 Å². The van der Waals surface area contributed by atoms with Gasteiger partial charge in [0.1, 0.15) is 0 Å². The highest BCUT2D eigenvalue weighted by Crippen LogP contribution is 2.29. The minimum Gasteiger partial charge on any atom is -0.493 e. The average Bonchev–Trinajstić information content (AvgIpc) is 2.59. The van der Waals surface area contributed by atoms with Gasteiger partial charge in [0, 0.05) is 18.2 Å². The van der Waals surface area contributed by atoms with Crippen LogP contribution in [0.1, 0.15) is 12.0 Å². The number of amides is 1. The van der Waals surface area contributed by atoms with Gasteiger partial charge in [0.05, 0.1) is 24.9 Å². The lowest BCUT2D eigenvalue weighted by atomic mass is 10.2. The molecule has 0 unspecified atom stereocenters. The molecule has 0 aliphatic heterocycles. The number of hydrogen-bond donors (Lipinski definition) is 1. The summed E-state index contributed by atoms with van der Waals surface area (Å²) < 4.78 is 35.1. The van der Waals surface area contributed by atoms with Gasteiger partial charge in [-0.25, -0.2) is 8.42 Å². The molecule has 134 valence electrons. The van der Waals surface area contributed by atoms with Crippen molar-refractivity contribution in [1.29, 1.82) is 0 Å². The van der Waals surface area contributed by atoms with Crippen LogP contribution in [0.25, 0.3) is 0 Å². The van der Waals surface area contributed by atoms with Crippen molar-refractivity contribution in [2.45, 2.75) is 18.2 Å². The molecule has 0 aliphatic carbocycles. The second-order valence-corrected chi connectivity index (χ2v) is 7.61. The van der Waals surface area contributed by atoms with Crippen LogP contribution >= 0.6 is 0 Å². The first-order chi connectivity index (χ1) is 11.9. The van der Waals surface area contributed by atoms with E-state index >= 15 is 0 Å². The third-order valence-electron chi connectivity index (χ3n) is 3.61. The minimum absolute atomic E-state index is 0.0912. The molecule has 1 N–H and O–H groups in total. The van der Waals surface area contributed by atoms with Crippen molar-refractivity contribution in [1.82, 2.24) is 0 Å². The van der Waals surface area contributed by atoms with E-state index in [0.717, 1.165) is 5.56 Å². The number of ether oxygens (including phenoxy) is 2. The number of hydrogen-bond acceptors (Lipinski definition) is 5. The summed E-state index contributed by atoms with van der Waals surface area (Å²) in [4.78, 5) is 12.1. The standard InChI is InChI=1S/C18H21NO5S/c1-13-5-4-6-14(11-13)19-18(20)9-10-25(21,22)15-7-8-16(23-2)17(12-15)24-3/h4-8,11-12H,9-10H2,1-3H3,(H,19,20). The number of sulfone groups is 1. The Kier molecular flexibility index (Phi) is 6.03. The Morgan fingerprint density at radius 2 is 1.76 bits per heavy atom. The Balaban J connectivity index is 2.05. The lowest BCUT2D eigenvalue weighted by Gasteiger charge is -2.10. The van der Waals surface area contributed by atoms with E-state index in [9.17, 15) is 13.2 Å². The van der Waals surface area contributed by atoms with Gasteiger partial charge in [-0.15, -0.1) is 0 Å². The maximum atomic E-state index is 12.4. The molecule has 0 aromatic heterocycles. The molecule has 0 radical (unpaired) electrons. The van der Waals surface area contributed by atoms with Gasteiger partial charge >= 0.3 is 0 Å². The molecule has 0 saturated heterocycles. The van der Waals surface area contributed by atoms with Crippen molar-refractivity contribution >= 4 is 21.4 Å². The summed E-state index contributed by atoms with van der Waals surface area (Å²) in [5.74, 6) is 0.126. The first-order valence-corrected chi connectivity index (χ1v) is 9.32. The van der Waals surface area contributed by atoms with Crippen LogP contribution in [0.2, 0.25) is 0 Å². The first-order valence-electron chi connectivity index (χ1n) is 7.67. The van der Waals surface area contributed by atoms with Crippen LogP contribution in [0.5, 0.6) is 11.5 Å². The Morgan fingerprint density at radius 3 is 2.40 bits per heavy atom. The molecule has 0 saturated carbocycles. The second-order valence-electron chi connectivity index (χ2n) is 5.50. The van der Waals surface area contributed by atoms with E-state index < -0.39 is 9.84 Å². The molecule has 7 heteroatoms. The largest absolute Gasteiger partial charge is 0.493 e. The number of rotatable bonds is 7. The number of methoxy groups -OCH3 is 2.